The number of unbranched alkanes of at least 4 members (excludes halogenated alkanes) is 11. The number of carbonyl (C=O) groups is 1. The van der Waals surface area contributed by atoms with E-state index >= 15 is 0 Å². The molecule has 0 saturated carbocycles. The maximum atomic E-state index is 12.5. The molecule has 0 aliphatic rings. The fourth-order valence-electron chi connectivity index (χ4n) is 5.16. The van der Waals surface area contributed by atoms with Crippen molar-refractivity contribution in [2.45, 2.75) is 161 Å². The molecule has 3 atom stereocenters. The molecular formula is C45H77O9P. The molecule has 3 N–H and O–H groups in total. The topological polar surface area (TPSA) is 132 Å². The molecule has 0 aliphatic heterocycles. The smallest absolute Gasteiger partial charge is 0.457 e. The molecule has 316 valence electrons. The number of carbonyl (C=O) groups excluding carboxylic acids is 1. The van der Waals surface area contributed by atoms with E-state index in [0.29, 0.717) is 6.61 Å². The van der Waals surface area contributed by atoms with Gasteiger partial charge in [0.2, 0.25) is 0 Å². The van der Waals surface area contributed by atoms with E-state index in [1.165, 1.54) is 44.9 Å². The van der Waals surface area contributed by atoms with Gasteiger partial charge in [-0.05, 0) is 70.6 Å². The predicted octanol–water partition coefficient (Wildman–Crippen LogP) is 11.5. The lowest BCUT2D eigenvalue weighted by molar-refractivity contribution is -0.154. The Hall–Kier alpha value is -2.36. The molecule has 0 aromatic carbocycles. The van der Waals surface area contributed by atoms with Crippen molar-refractivity contribution in [1.82, 2.24) is 0 Å². The summed E-state index contributed by atoms with van der Waals surface area (Å²) < 4.78 is 33.2. The number of phosphoric acid groups is 1. The quantitative estimate of drug-likeness (QED) is 0.0241. The maximum Gasteiger partial charge on any atom is 0.472 e. The van der Waals surface area contributed by atoms with Crippen LogP contribution in [0.4, 0.5) is 0 Å². The maximum absolute atomic E-state index is 12.5. The van der Waals surface area contributed by atoms with Gasteiger partial charge in [-0.3, -0.25) is 13.8 Å². The SMILES string of the molecule is CC/C=C\C/C=C\C/C=C\C/C=C\C/C=C\C/C=C\C/C=C\CCCCOCC(COP(=O)(O)OCC(O)CO)OC(=O)CCCCCCCCCCCC. The average Bonchev–Trinajstić information content (AvgIpc) is 3.18. The van der Waals surface area contributed by atoms with Gasteiger partial charge < -0.3 is 24.6 Å². The number of esters is 1. The minimum Gasteiger partial charge on any atom is -0.457 e. The summed E-state index contributed by atoms with van der Waals surface area (Å²) >= 11 is 0. The minimum atomic E-state index is -4.53. The Morgan fingerprint density at radius 3 is 1.53 bits per heavy atom. The minimum absolute atomic E-state index is 0.0154. The first-order chi connectivity index (χ1) is 26.8. The highest BCUT2D eigenvalue weighted by Gasteiger charge is 2.26. The molecule has 0 radical (unpaired) electrons. The Bertz CT molecular complexity index is 1130. The summed E-state index contributed by atoms with van der Waals surface area (Å²) in [5, 5.41) is 18.3. The lowest BCUT2D eigenvalue weighted by Crippen LogP contribution is -2.29. The van der Waals surface area contributed by atoms with Gasteiger partial charge in [0.15, 0.2) is 0 Å². The largest absolute Gasteiger partial charge is 0.472 e. The summed E-state index contributed by atoms with van der Waals surface area (Å²) in [5.74, 6) is -0.404. The third kappa shape index (κ3) is 41.1. The summed E-state index contributed by atoms with van der Waals surface area (Å²) in [6.45, 7) is 3.24. The molecular weight excluding hydrogens is 715 g/mol. The van der Waals surface area contributed by atoms with Crippen LogP contribution in [0.3, 0.4) is 0 Å². The molecule has 0 spiro atoms. The highest BCUT2D eigenvalue weighted by molar-refractivity contribution is 7.47. The van der Waals surface area contributed by atoms with E-state index in [-0.39, 0.29) is 13.0 Å². The summed E-state index contributed by atoms with van der Waals surface area (Å²) in [6, 6.07) is 0. The van der Waals surface area contributed by atoms with E-state index in [1.807, 2.05) is 0 Å². The lowest BCUT2D eigenvalue weighted by Gasteiger charge is -2.20. The van der Waals surface area contributed by atoms with Crippen LogP contribution < -0.4 is 0 Å². The van der Waals surface area contributed by atoms with E-state index in [2.05, 4.69) is 98.9 Å². The number of hydrogen-bond acceptors (Lipinski definition) is 8. The molecule has 0 aliphatic carbocycles. The number of phosphoric ester groups is 1. The van der Waals surface area contributed by atoms with E-state index in [4.69, 9.17) is 23.6 Å². The third-order valence-electron chi connectivity index (χ3n) is 8.35. The highest BCUT2D eigenvalue weighted by Crippen LogP contribution is 2.43. The Balaban J connectivity index is 4.24. The van der Waals surface area contributed by atoms with Gasteiger partial charge in [-0.1, -0.05) is 157 Å². The Kier molecular flexibility index (Phi) is 39.5. The summed E-state index contributed by atoms with van der Waals surface area (Å²) in [7, 11) is -4.53. The van der Waals surface area contributed by atoms with Crippen LogP contribution in [0.15, 0.2) is 85.1 Å². The second-order valence-corrected chi connectivity index (χ2v) is 15.1. The third-order valence-corrected chi connectivity index (χ3v) is 9.30. The van der Waals surface area contributed by atoms with Gasteiger partial charge in [0.05, 0.1) is 26.4 Å². The zero-order chi connectivity index (χ0) is 40.3. The van der Waals surface area contributed by atoms with Crippen LogP contribution in [0.25, 0.3) is 0 Å². The fourth-order valence-corrected chi connectivity index (χ4v) is 5.95. The van der Waals surface area contributed by atoms with E-state index in [1.54, 1.807) is 0 Å². The molecule has 55 heavy (non-hydrogen) atoms. The monoisotopic (exact) mass is 793 g/mol. The molecule has 0 amide bonds. The van der Waals surface area contributed by atoms with Gasteiger partial charge in [0.1, 0.15) is 12.2 Å². The molecule has 10 heteroatoms. The normalized spacial score (nSPS) is 14.9. The summed E-state index contributed by atoms with van der Waals surface area (Å²) in [6.07, 6.45) is 49.8. The molecule has 0 rings (SSSR count). The van der Waals surface area contributed by atoms with Crippen molar-refractivity contribution in [2.24, 2.45) is 0 Å². The lowest BCUT2D eigenvalue weighted by atomic mass is 10.1. The number of aliphatic hydroxyl groups is 2. The van der Waals surface area contributed by atoms with Gasteiger partial charge in [-0.25, -0.2) is 4.57 Å². The zero-order valence-electron chi connectivity index (χ0n) is 34.4. The van der Waals surface area contributed by atoms with Crippen LogP contribution in [0.1, 0.15) is 149 Å². The summed E-state index contributed by atoms with van der Waals surface area (Å²) in [5.41, 5.74) is 0. The molecule has 0 fully saturated rings. The first kappa shape index (κ1) is 52.6. The molecule has 0 aromatic rings. The Labute approximate surface area is 335 Å². The molecule has 0 saturated heterocycles. The van der Waals surface area contributed by atoms with Crippen LogP contribution in [0.5, 0.6) is 0 Å². The number of hydrogen-bond donors (Lipinski definition) is 3. The van der Waals surface area contributed by atoms with Crippen LogP contribution in [-0.4, -0.2) is 66.3 Å². The van der Waals surface area contributed by atoms with Crippen molar-refractivity contribution in [3.05, 3.63) is 85.1 Å². The van der Waals surface area contributed by atoms with Crippen molar-refractivity contribution < 1.29 is 43.0 Å². The molecule has 0 heterocycles. The van der Waals surface area contributed by atoms with Gasteiger partial charge in [-0.15, -0.1) is 0 Å². The van der Waals surface area contributed by atoms with Gasteiger partial charge in [-0.2, -0.15) is 0 Å². The van der Waals surface area contributed by atoms with Crippen LogP contribution >= 0.6 is 7.82 Å². The Morgan fingerprint density at radius 1 is 0.582 bits per heavy atom. The number of aliphatic hydroxyl groups excluding tert-OH is 2. The van der Waals surface area contributed by atoms with Gasteiger partial charge in [0.25, 0.3) is 0 Å². The average molecular weight is 793 g/mol. The molecule has 0 aromatic heterocycles. The first-order valence-corrected chi connectivity index (χ1v) is 22.6. The number of ether oxygens (including phenoxy) is 2. The van der Waals surface area contributed by atoms with Gasteiger partial charge in [0, 0.05) is 13.0 Å². The van der Waals surface area contributed by atoms with E-state index in [9.17, 15) is 19.4 Å². The van der Waals surface area contributed by atoms with Crippen molar-refractivity contribution >= 4 is 13.8 Å². The predicted molar refractivity (Wildman–Crippen MR) is 228 cm³/mol. The van der Waals surface area contributed by atoms with Crippen molar-refractivity contribution in [2.75, 3.05) is 33.0 Å². The Morgan fingerprint density at radius 2 is 1.04 bits per heavy atom. The van der Waals surface area contributed by atoms with Crippen LogP contribution in [0, 0.1) is 0 Å². The second kappa shape index (κ2) is 41.3. The molecule has 3 unspecified atom stereocenters. The molecule has 9 nitrogen and oxygen atoms in total. The van der Waals surface area contributed by atoms with Crippen molar-refractivity contribution in [3.8, 4) is 0 Å². The van der Waals surface area contributed by atoms with Crippen LogP contribution in [-0.2, 0) is 27.9 Å². The van der Waals surface area contributed by atoms with E-state index in [0.717, 1.165) is 83.5 Å². The number of allylic oxidation sites excluding steroid dienone is 14. The fraction of sp³-hybridized carbons (Fsp3) is 0.667. The van der Waals surface area contributed by atoms with Crippen molar-refractivity contribution in [3.63, 3.8) is 0 Å². The van der Waals surface area contributed by atoms with E-state index < -0.39 is 45.8 Å². The first-order valence-electron chi connectivity index (χ1n) is 21.1. The molecule has 0 bridgehead atoms. The number of rotatable bonds is 39. The van der Waals surface area contributed by atoms with Crippen molar-refractivity contribution in [1.29, 1.82) is 0 Å². The summed E-state index contributed by atoms with van der Waals surface area (Å²) in [4.78, 5) is 22.5. The highest BCUT2D eigenvalue weighted by atomic mass is 31.2. The zero-order valence-corrected chi connectivity index (χ0v) is 35.3. The standard InChI is InChI=1S/C45H77O9P/c1-3-5-7-9-11-13-15-16-17-18-19-20-21-22-23-24-25-26-27-28-30-32-34-36-38-51-41-44(42-53-55(49,50)52-40-43(47)39-46)54-45(48)37-35-33-31-29-14-12-10-8-6-4-2/h5,7,11,13,16-17,19-20,22-23,25-26,28,30,43-44,46-47H,3-4,6,8-10,12,14-15,18,21,24,27,29,31-42H2,1-2H3,(H,49,50)/b7-5-,13-11-,17-16-,20-19-,23-22-,26-25-,30-28-. The van der Waals surface area contributed by atoms with Crippen LogP contribution in [0.2, 0.25) is 0 Å². The van der Waals surface area contributed by atoms with Gasteiger partial charge >= 0.3 is 13.8 Å². The second-order valence-electron chi connectivity index (χ2n) is 13.6.